The predicted molar refractivity (Wildman–Crippen MR) is 99.9 cm³/mol. The number of amides is 1. The van der Waals surface area contributed by atoms with Crippen molar-refractivity contribution in [2.24, 2.45) is 0 Å². The van der Waals surface area contributed by atoms with E-state index in [-0.39, 0.29) is 18.7 Å². The van der Waals surface area contributed by atoms with E-state index in [9.17, 15) is 18.0 Å². The fourth-order valence-electron chi connectivity index (χ4n) is 2.92. The highest BCUT2D eigenvalue weighted by molar-refractivity contribution is 5.95. The minimum Gasteiger partial charge on any atom is -0.332 e. The topological polar surface area (TPSA) is 40.8 Å². The molecule has 3 rings (SSSR count). The lowest BCUT2D eigenvalue weighted by atomic mass is 10.2. The van der Waals surface area contributed by atoms with Gasteiger partial charge in [-0.3, -0.25) is 9.20 Å². The molecule has 2 aromatic heterocycles. The maximum Gasteiger partial charge on any atom is 0.435 e. The lowest BCUT2D eigenvalue weighted by Gasteiger charge is -2.25. The van der Waals surface area contributed by atoms with Crippen LogP contribution in [0.3, 0.4) is 0 Å². The molecule has 0 aliphatic rings. The summed E-state index contributed by atoms with van der Waals surface area (Å²) in [5.74, 6) is -0.697. The van der Waals surface area contributed by atoms with Crippen molar-refractivity contribution >= 4 is 11.6 Å². The van der Waals surface area contributed by atoms with Crippen LogP contribution in [0.2, 0.25) is 0 Å². The van der Waals surface area contributed by atoms with Crippen molar-refractivity contribution < 1.29 is 18.0 Å². The number of halogens is 3. The number of pyridine rings is 1. The van der Waals surface area contributed by atoms with E-state index in [1.807, 2.05) is 49.3 Å². The summed E-state index contributed by atoms with van der Waals surface area (Å²) in [4.78, 5) is 20.2. The first-order valence-electron chi connectivity index (χ1n) is 8.79. The van der Waals surface area contributed by atoms with Gasteiger partial charge in [0.1, 0.15) is 11.3 Å². The van der Waals surface area contributed by atoms with Gasteiger partial charge in [0.15, 0.2) is 5.69 Å². The number of fused-ring (bicyclic) bond motifs is 1. The molecule has 0 bridgehead atoms. The summed E-state index contributed by atoms with van der Waals surface area (Å²) in [5, 5.41) is 0. The fraction of sp³-hybridized carbons (Fsp3) is 0.300. The van der Waals surface area contributed by atoms with E-state index in [0.717, 1.165) is 5.56 Å². The van der Waals surface area contributed by atoms with Crippen LogP contribution in [0.15, 0.2) is 54.7 Å². The number of imidazole rings is 1. The molecule has 0 saturated carbocycles. The number of alkyl halides is 3. The summed E-state index contributed by atoms with van der Waals surface area (Å²) >= 11 is 0. The molecule has 1 amide bonds. The first kappa shape index (κ1) is 19.9. The molecule has 1 aromatic carbocycles. The molecule has 0 unspecified atom stereocenters. The number of hydrogen-bond acceptors (Lipinski definition) is 3. The third kappa shape index (κ3) is 4.33. The highest BCUT2D eigenvalue weighted by Crippen LogP contribution is 2.32. The molecule has 148 valence electrons. The minimum absolute atomic E-state index is 0.0884. The van der Waals surface area contributed by atoms with Crippen LogP contribution in [0.5, 0.6) is 0 Å². The van der Waals surface area contributed by atoms with Gasteiger partial charge < -0.3 is 9.80 Å². The van der Waals surface area contributed by atoms with E-state index in [2.05, 4.69) is 4.98 Å². The van der Waals surface area contributed by atoms with Crippen molar-refractivity contribution in [3.63, 3.8) is 0 Å². The molecule has 8 heteroatoms. The second-order valence-corrected chi connectivity index (χ2v) is 6.75. The Hall–Kier alpha value is -2.87. The number of hydrogen-bond donors (Lipinski definition) is 0. The molecule has 0 aliphatic carbocycles. The van der Waals surface area contributed by atoms with E-state index < -0.39 is 23.5 Å². The van der Waals surface area contributed by atoms with Crippen LogP contribution in [0.1, 0.15) is 21.7 Å². The maximum atomic E-state index is 13.6. The smallest absolute Gasteiger partial charge is 0.332 e. The van der Waals surface area contributed by atoms with Crippen molar-refractivity contribution in [3.8, 4) is 0 Å². The summed E-state index contributed by atoms with van der Waals surface area (Å²) in [6.45, 7) is 1.03. The third-order valence-corrected chi connectivity index (χ3v) is 4.32. The zero-order chi connectivity index (χ0) is 20.3. The zero-order valence-electron chi connectivity index (χ0n) is 15.6. The number of carbonyl (C=O) groups excluding carboxylic acids is 1. The summed E-state index contributed by atoms with van der Waals surface area (Å²) in [7, 11) is 3.70. The molecule has 3 aromatic rings. The SMILES string of the molecule is CN(C)CCN(Cc1ccccc1)C(=O)c1c(C(F)(F)F)nc2ccccn12. The third-order valence-electron chi connectivity index (χ3n) is 4.32. The van der Waals surface area contributed by atoms with Gasteiger partial charge in [-0.1, -0.05) is 36.4 Å². The summed E-state index contributed by atoms with van der Waals surface area (Å²) in [5.41, 5.74) is -0.688. The van der Waals surface area contributed by atoms with Crippen LogP contribution in [0.4, 0.5) is 13.2 Å². The molecule has 0 fully saturated rings. The Balaban J connectivity index is 2.04. The zero-order valence-corrected chi connectivity index (χ0v) is 15.6. The van der Waals surface area contributed by atoms with Crippen LogP contribution in [0, 0.1) is 0 Å². The summed E-state index contributed by atoms with van der Waals surface area (Å²) < 4.78 is 42.0. The molecule has 0 spiro atoms. The van der Waals surface area contributed by atoms with Crippen LogP contribution >= 0.6 is 0 Å². The minimum atomic E-state index is -4.73. The normalized spacial score (nSPS) is 11.9. The fourth-order valence-corrected chi connectivity index (χ4v) is 2.92. The molecular weight excluding hydrogens is 369 g/mol. The van der Waals surface area contributed by atoms with Gasteiger partial charge in [0.25, 0.3) is 5.91 Å². The lowest BCUT2D eigenvalue weighted by molar-refractivity contribution is -0.141. The molecule has 5 nitrogen and oxygen atoms in total. The number of benzene rings is 1. The average Bonchev–Trinajstić information content (AvgIpc) is 3.05. The van der Waals surface area contributed by atoms with E-state index in [4.69, 9.17) is 0 Å². The molecule has 2 heterocycles. The molecule has 28 heavy (non-hydrogen) atoms. The second-order valence-electron chi connectivity index (χ2n) is 6.75. The Morgan fingerprint density at radius 2 is 1.71 bits per heavy atom. The Bertz CT molecular complexity index is 951. The highest BCUT2D eigenvalue weighted by atomic mass is 19.4. The second kappa shape index (κ2) is 8.02. The average molecular weight is 390 g/mol. The van der Waals surface area contributed by atoms with Crippen LogP contribution in [-0.2, 0) is 12.7 Å². The van der Waals surface area contributed by atoms with Gasteiger partial charge in [-0.25, -0.2) is 4.98 Å². The van der Waals surface area contributed by atoms with Crippen molar-refractivity contribution in [1.82, 2.24) is 19.2 Å². The molecule has 0 N–H and O–H groups in total. The summed E-state index contributed by atoms with van der Waals surface area (Å²) in [6, 6.07) is 13.8. The lowest BCUT2D eigenvalue weighted by Crippen LogP contribution is -2.37. The molecule has 0 atom stereocenters. The van der Waals surface area contributed by atoms with Crippen LogP contribution in [0.25, 0.3) is 5.65 Å². The van der Waals surface area contributed by atoms with Gasteiger partial charge in [0, 0.05) is 25.8 Å². The van der Waals surface area contributed by atoms with E-state index in [1.165, 1.54) is 21.6 Å². The Morgan fingerprint density at radius 3 is 2.36 bits per heavy atom. The monoisotopic (exact) mass is 390 g/mol. The van der Waals surface area contributed by atoms with Crippen LogP contribution in [-0.4, -0.2) is 52.3 Å². The number of aromatic nitrogens is 2. The molecule has 0 aliphatic heterocycles. The van der Waals surface area contributed by atoms with Crippen LogP contribution < -0.4 is 0 Å². The van der Waals surface area contributed by atoms with Crippen molar-refractivity contribution in [2.75, 3.05) is 27.2 Å². The van der Waals surface area contributed by atoms with Gasteiger partial charge in [-0.15, -0.1) is 0 Å². The molecular formula is C20H21F3N4O. The van der Waals surface area contributed by atoms with Crippen molar-refractivity contribution in [1.29, 1.82) is 0 Å². The largest absolute Gasteiger partial charge is 0.435 e. The first-order chi connectivity index (χ1) is 13.3. The summed E-state index contributed by atoms with van der Waals surface area (Å²) in [6.07, 6.45) is -3.30. The number of carbonyl (C=O) groups is 1. The van der Waals surface area contributed by atoms with E-state index >= 15 is 0 Å². The Labute approximate surface area is 161 Å². The maximum absolute atomic E-state index is 13.6. The van der Waals surface area contributed by atoms with E-state index in [1.54, 1.807) is 12.1 Å². The van der Waals surface area contributed by atoms with Gasteiger partial charge in [0.2, 0.25) is 0 Å². The number of rotatable bonds is 6. The van der Waals surface area contributed by atoms with Crippen molar-refractivity contribution in [2.45, 2.75) is 12.7 Å². The Kier molecular flexibility index (Phi) is 5.69. The number of likely N-dealkylation sites (N-methyl/N-ethyl adjacent to an activating group) is 1. The Morgan fingerprint density at radius 1 is 1.04 bits per heavy atom. The number of nitrogens with zero attached hydrogens (tertiary/aromatic N) is 4. The van der Waals surface area contributed by atoms with Gasteiger partial charge in [-0.2, -0.15) is 13.2 Å². The molecule has 0 radical (unpaired) electrons. The van der Waals surface area contributed by atoms with Gasteiger partial charge in [-0.05, 0) is 31.8 Å². The van der Waals surface area contributed by atoms with Crippen molar-refractivity contribution in [3.05, 3.63) is 71.7 Å². The van der Waals surface area contributed by atoms with E-state index in [0.29, 0.717) is 6.54 Å². The molecule has 0 saturated heterocycles. The highest BCUT2D eigenvalue weighted by Gasteiger charge is 2.41. The van der Waals surface area contributed by atoms with Gasteiger partial charge >= 0.3 is 6.18 Å². The quantitative estimate of drug-likeness (QED) is 0.646. The van der Waals surface area contributed by atoms with Gasteiger partial charge in [0.05, 0.1) is 0 Å². The first-order valence-corrected chi connectivity index (χ1v) is 8.79. The standard InChI is InChI=1S/C20H21F3N4O/c1-25(2)12-13-26(14-15-8-4-3-5-9-15)19(28)17-18(20(21,22)23)24-16-10-6-7-11-27(16)17/h3-11H,12-14H2,1-2H3. The predicted octanol–water partition coefficient (Wildman–Crippen LogP) is 3.56.